The first-order chi connectivity index (χ1) is 28.8. The van der Waals surface area contributed by atoms with Crippen LogP contribution >= 0.6 is 15.6 Å². The molecule has 5 atom stereocenters. The average Bonchev–Trinajstić information content (AvgIpc) is 3.96. The molecule has 60 heavy (non-hydrogen) atoms. The van der Waals surface area contributed by atoms with E-state index in [1.165, 1.54) is 77.0 Å². The van der Waals surface area contributed by atoms with Gasteiger partial charge in [-0.25, -0.2) is 9.13 Å². The molecule has 0 amide bonds. The lowest BCUT2D eigenvalue weighted by Gasteiger charge is -2.20. The fourth-order valence-electron chi connectivity index (χ4n) is 6.58. The molecule has 1 rings (SSSR count). The van der Waals surface area contributed by atoms with Crippen molar-refractivity contribution in [3.05, 3.63) is 24.3 Å². The highest BCUT2D eigenvalue weighted by Crippen LogP contribution is 2.44. The van der Waals surface area contributed by atoms with Crippen molar-refractivity contribution in [1.29, 1.82) is 0 Å². The van der Waals surface area contributed by atoms with Crippen molar-refractivity contribution in [1.82, 2.24) is 0 Å². The van der Waals surface area contributed by atoms with Crippen LogP contribution in [0.3, 0.4) is 0 Å². The number of esters is 2. The Hall–Kier alpha value is -1.44. The summed E-state index contributed by atoms with van der Waals surface area (Å²) in [5.74, 6) is -1.05. The highest BCUT2D eigenvalue weighted by atomic mass is 31.2. The Kier molecular flexibility index (Phi) is 34.9. The van der Waals surface area contributed by atoms with Gasteiger partial charge in [0, 0.05) is 12.8 Å². The molecule has 0 spiro atoms. The number of rotatable bonds is 43. The van der Waals surface area contributed by atoms with Crippen LogP contribution in [0.15, 0.2) is 24.3 Å². The van der Waals surface area contributed by atoms with E-state index >= 15 is 0 Å². The van der Waals surface area contributed by atoms with Crippen LogP contribution in [0.4, 0.5) is 0 Å². The van der Waals surface area contributed by atoms with Gasteiger partial charge in [-0.05, 0) is 64.2 Å². The standard InChI is InChI=1S/C44H82O14P2/c1-3-5-7-9-11-12-13-14-15-16-17-18-19-20-21-25-30-34-44(47)57-40(38-56-60(51,52)55-36-39(45)35-54-59(48,49)50)37-53-43(46)33-29-26-22-24-28-32-42-41(58-42)31-27-23-10-8-6-4-2/h14-15,23,27,39-42,45H,3-13,16-22,24-26,28-38H2,1-2H3,(H,51,52)(H2,48,49,50)/b15-14-,27-23-/t39-,40+,41?,42?/m0/s1. The van der Waals surface area contributed by atoms with Crippen LogP contribution in [-0.2, 0) is 46.5 Å². The average molecular weight is 897 g/mol. The van der Waals surface area contributed by atoms with Crippen molar-refractivity contribution < 1.29 is 66.3 Å². The summed E-state index contributed by atoms with van der Waals surface area (Å²) in [6, 6.07) is 0. The minimum absolute atomic E-state index is 0.122. The van der Waals surface area contributed by atoms with E-state index < -0.39 is 66.2 Å². The lowest BCUT2D eigenvalue weighted by atomic mass is 10.1. The highest BCUT2D eigenvalue weighted by Gasteiger charge is 2.36. The minimum atomic E-state index is -4.87. The van der Waals surface area contributed by atoms with Gasteiger partial charge in [-0.15, -0.1) is 0 Å². The number of hydrogen-bond donors (Lipinski definition) is 4. The number of hydrogen-bond acceptors (Lipinski definition) is 11. The molecular formula is C44H82O14P2. The molecule has 1 heterocycles. The molecule has 0 radical (unpaired) electrons. The second-order valence-electron chi connectivity index (χ2n) is 16.1. The summed E-state index contributed by atoms with van der Waals surface area (Å²) in [5, 5.41) is 9.76. The Morgan fingerprint density at radius 3 is 1.63 bits per heavy atom. The van der Waals surface area contributed by atoms with Gasteiger partial charge in [-0.3, -0.25) is 23.2 Å². The fraction of sp³-hybridized carbons (Fsp3) is 0.864. The number of unbranched alkanes of at least 4 members (excludes halogenated alkanes) is 20. The van der Waals surface area contributed by atoms with E-state index in [4.69, 9.17) is 33.0 Å². The molecular weight excluding hydrogens is 814 g/mol. The molecule has 4 N–H and O–H groups in total. The van der Waals surface area contributed by atoms with E-state index in [9.17, 15) is 28.7 Å². The SMILES string of the molecule is CCCCC/C=C\CC1OC1CCCCCCCC(=O)OC[C@H](COP(=O)(O)OC[C@@H](O)COP(=O)(O)O)OC(=O)CCCCCCCCC/C=C\CCCCCCCC. The third-order valence-corrected chi connectivity index (χ3v) is 11.7. The quantitative estimate of drug-likeness (QED) is 0.0148. The second kappa shape index (κ2) is 37.0. The van der Waals surface area contributed by atoms with Crippen LogP contribution in [0.5, 0.6) is 0 Å². The second-order valence-corrected chi connectivity index (χ2v) is 18.8. The summed E-state index contributed by atoms with van der Waals surface area (Å²) >= 11 is 0. The van der Waals surface area contributed by atoms with Crippen molar-refractivity contribution in [2.24, 2.45) is 0 Å². The van der Waals surface area contributed by atoms with E-state index in [1.807, 2.05) is 0 Å². The lowest BCUT2D eigenvalue weighted by Crippen LogP contribution is -2.30. The third-order valence-electron chi connectivity index (χ3n) is 10.2. The summed E-state index contributed by atoms with van der Waals surface area (Å²) in [4.78, 5) is 52.8. The van der Waals surface area contributed by atoms with E-state index in [0.717, 1.165) is 77.0 Å². The first-order valence-corrected chi connectivity index (χ1v) is 26.2. The number of carbonyl (C=O) groups is 2. The number of carbonyl (C=O) groups excluding carboxylic acids is 2. The summed E-state index contributed by atoms with van der Waals surface area (Å²) in [6.07, 6.45) is 36.1. The van der Waals surface area contributed by atoms with Gasteiger partial charge >= 0.3 is 27.6 Å². The molecule has 16 heteroatoms. The Morgan fingerprint density at radius 1 is 0.567 bits per heavy atom. The molecule has 1 fully saturated rings. The zero-order valence-corrected chi connectivity index (χ0v) is 38.8. The molecule has 0 aliphatic carbocycles. The maximum atomic E-state index is 12.7. The zero-order chi connectivity index (χ0) is 44.2. The van der Waals surface area contributed by atoms with E-state index in [1.54, 1.807) is 0 Å². The molecule has 1 saturated heterocycles. The summed E-state index contributed by atoms with van der Waals surface area (Å²) in [6.45, 7) is 1.72. The number of ether oxygens (including phenoxy) is 3. The highest BCUT2D eigenvalue weighted by molar-refractivity contribution is 7.47. The monoisotopic (exact) mass is 897 g/mol. The maximum Gasteiger partial charge on any atom is 0.472 e. The first-order valence-electron chi connectivity index (χ1n) is 23.2. The van der Waals surface area contributed by atoms with Gasteiger partial charge in [-0.1, -0.05) is 141 Å². The van der Waals surface area contributed by atoms with Crippen molar-refractivity contribution in [3.8, 4) is 0 Å². The van der Waals surface area contributed by atoms with Crippen LogP contribution in [0, 0.1) is 0 Å². The van der Waals surface area contributed by atoms with Crippen LogP contribution in [-0.4, -0.2) is 82.6 Å². The number of aliphatic hydroxyl groups is 1. The molecule has 1 aliphatic rings. The minimum Gasteiger partial charge on any atom is -0.462 e. The maximum absolute atomic E-state index is 12.7. The molecule has 1 aliphatic heterocycles. The number of epoxide rings is 1. The van der Waals surface area contributed by atoms with Gasteiger partial charge in [0.2, 0.25) is 0 Å². The molecule has 0 aromatic heterocycles. The molecule has 0 aromatic carbocycles. The largest absolute Gasteiger partial charge is 0.472 e. The van der Waals surface area contributed by atoms with Crippen molar-refractivity contribution >= 4 is 27.6 Å². The van der Waals surface area contributed by atoms with Gasteiger partial charge in [-0.2, -0.15) is 0 Å². The number of aliphatic hydroxyl groups excluding tert-OH is 1. The molecule has 3 unspecified atom stereocenters. The normalized spacial score (nSPS) is 17.6. The third kappa shape index (κ3) is 37.1. The summed E-state index contributed by atoms with van der Waals surface area (Å²) in [5.41, 5.74) is 0. The molecule has 0 saturated carbocycles. The van der Waals surface area contributed by atoms with Gasteiger partial charge in [0.1, 0.15) is 12.7 Å². The fourth-order valence-corrected chi connectivity index (χ4v) is 7.74. The Balaban J connectivity index is 2.34. The van der Waals surface area contributed by atoms with Crippen LogP contribution in [0.25, 0.3) is 0 Å². The summed E-state index contributed by atoms with van der Waals surface area (Å²) in [7, 11) is -9.68. The first kappa shape index (κ1) is 56.6. The predicted molar refractivity (Wildman–Crippen MR) is 234 cm³/mol. The predicted octanol–water partition coefficient (Wildman–Crippen LogP) is 10.9. The Labute approximate surface area is 361 Å². The lowest BCUT2D eigenvalue weighted by molar-refractivity contribution is -0.161. The van der Waals surface area contributed by atoms with Crippen molar-refractivity contribution in [2.75, 3.05) is 26.4 Å². The van der Waals surface area contributed by atoms with Crippen molar-refractivity contribution in [2.45, 2.75) is 218 Å². The van der Waals surface area contributed by atoms with Gasteiger partial charge in [0.05, 0.1) is 32.0 Å². The molecule has 14 nitrogen and oxygen atoms in total. The van der Waals surface area contributed by atoms with E-state index in [2.05, 4.69) is 42.7 Å². The summed E-state index contributed by atoms with van der Waals surface area (Å²) < 4.78 is 53.6. The number of allylic oxidation sites excluding steroid dienone is 3. The van der Waals surface area contributed by atoms with Gasteiger partial charge in [0.25, 0.3) is 0 Å². The smallest absolute Gasteiger partial charge is 0.462 e. The van der Waals surface area contributed by atoms with Crippen LogP contribution in [0.1, 0.15) is 194 Å². The molecule has 0 aromatic rings. The van der Waals surface area contributed by atoms with Crippen molar-refractivity contribution in [3.63, 3.8) is 0 Å². The van der Waals surface area contributed by atoms with E-state index in [-0.39, 0.29) is 12.8 Å². The topological polar surface area (TPSA) is 208 Å². The number of phosphoric ester groups is 2. The number of phosphoric acid groups is 2. The zero-order valence-electron chi connectivity index (χ0n) is 37.0. The van der Waals surface area contributed by atoms with Crippen LogP contribution in [0.2, 0.25) is 0 Å². The van der Waals surface area contributed by atoms with E-state index in [0.29, 0.717) is 25.0 Å². The Bertz CT molecular complexity index is 1230. The van der Waals surface area contributed by atoms with Gasteiger partial charge in [0.15, 0.2) is 6.10 Å². The Morgan fingerprint density at radius 2 is 1.03 bits per heavy atom. The molecule has 0 bridgehead atoms. The van der Waals surface area contributed by atoms with Crippen LogP contribution < -0.4 is 0 Å². The van der Waals surface area contributed by atoms with Gasteiger partial charge < -0.3 is 34.0 Å². The molecule has 352 valence electrons.